The summed E-state index contributed by atoms with van der Waals surface area (Å²) >= 11 is 7.06. The Labute approximate surface area is 100 Å². The highest BCUT2D eigenvalue weighted by Crippen LogP contribution is 2.29. The summed E-state index contributed by atoms with van der Waals surface area (Å²) in [5, 5.41) is 9.24. The van der Waals surface area contributed by atoms with Gasteiger partial charge in [0.15, 0.2) is 6.04 Å². The molecule has 0 aromatic heterocycles. The molecule has 1 aliphatic rings. The van der Waals surface area contributed by atoms with Crippen LogP contribution in [0.2, 0.25) is 5.02 Å². The summed E-state index contributed by atoms with van der Waals surface area (Å²) in [5.41, 5.74) is 0.454. The number of aliphatic imine (C=N–C) groups is 1. The van der Waals surface area contributed by atoms with Crippen LogP contribution in [-0.2, 0) is 4.79 Å². The quantitative estimate of drug-likeness (QED) is 0.887. The van der Waals surface area contributed by atoms with Crippen molar-refractivity contribution in [3.63, 3.8) is 0 Å². The van der Waals surface area contributed by atoms with Gasteiger partial charge in [0, 0.05) is 11.3 Å². The van der Waals surface area contributed by atoms with E-state index in [0.717, 1.165) is 0 Å². The minimum absolute atomic E-state index is 0.0141. The summed E-state index contributed by atoms with van der Waals surface area (Å²) < 4.78 is 13.2. The number of rotatable bonds is 2. The van der Waals surface area contributed by atoms with Gasteiger partial charge in [-0.1, -0.05) is 23.7 Å². The summed E-state index contributed by atoms with van der Waals surface area (Å²) in [6.45, 7) is 0. The standard InChI is InChI=1S/C10H7ClFNO2S/c11-8-5(2-1-3-6(8)12)9-13-7(4-16-9)10(14)15/h1-3,7H,4H2,(H,14,15). The number of hydrogen-bond donors (Lipinski definition) is 1. The highest BCUT2D eigenvalue weighted by Gasteiger charge is 2.26. The Morgan fingerprint density at radius 3 is 3.00 bits per heavy atom. The highest BCUT2D eigenvalue weighted by molar-refractivity contribution is 8.14. The van der Waals surface area contributed by atoms with Crippen LogP contribution in [0.3, 0.4) is 0 Å². The van der Waals surface area contributed by atoms with Crippen molar-refractivity contribution in [1.29, 1.82) is 0 Å². The van der Waals surface area contributed by atoms with Gasteiger partial charge in [-0.2, -0.15) is 0 Å². The van der Waals surface area contributed by atoms with Gasteiger partial charge in [-0.15, -0.1) is 11.8 Å². The van der Waals surface area contributed by atoms with E-state index in [0.29, 0.717) is 16.4 Å². The van der Waals surface area contributed by atoms with Crippen molar-refractivity contribution in [2.24, 2.45) is 4.99 Å². The lowest BCUT2D eigenvalue weighted by atomic mass is 10.2. The predicted octanol–water partition coefficient (Wildman–Crippen LogP) is 2.43. The molecule has 1 aromatic rings. The Morgan fingerprint density at radius 2 is 2.38 bits per heavy atom. The van der Waals surface area contributed by atoms with Gasteiger partial charge >= 0.3 is 5.97 Å². The van der Waals surface area contributed by atoms with Crippen molar-refractivity contribution >= 4 is 34.4 Å². The fraction of sp³-hybridized carbons (Fsp3) is 0.200. The van der Waals surface area contributed by atoms with Crippen molar-refractivity contribution < 1.29 is 14.3 Å². The second-order valence-electron chi connectivity index (χ2n) is 3.20. The van der Waals surface area contributed by atoms with Gasteiger partial charge in [-0.25, -0.2) is 9.18 Å². The molecule has 1 aliphatic heterocycles. The Hall–Kier alpha value is -1.07. The molecule has 1 N–H and O–H groups in total. The summed E-state index contributed by atoms with van der Waals surface area (Å²) in [6.07, 6.45) is 0. The fourth-order valence-corrected chi connectivity index (χ4v) is 2.65. The molecule has 1 unspecified atom stereocenters. The molecule has 0 saturated heterocycles. The molecule has 2 rings (SSSR count). The van der Waals surface area contributed by atoms with Gasteiger partial charge in [0.1, 0.15) is 10.9 Å². The maximum absolute atomic E-state index is 13.2. The monoisotopic (exact) mass is 259 g/mol. The third kappa shape index (κ3) is 2.05. The summed E-state index contributed by atoms with van der Waals surface area (Å²) in [4.78, 5) is 14.7. The summed E-state index contributed by atoms with van der Waals surface area (Å²) in [5.74, 6) is -1.14. The molecule has 0 amide bonds. The molecule has 1 heterocycles. The van der Waals surface area contributed by atoms with Crippen LogP contribution < -0.4 is 0 Å². The van der Waals surface area contributed by atoms with Crippen LogP contribution in [-0.4, -0.2) is 27.9 Å². The normalized spacial score (nSPS) is 19.6. The van der Waals surface area contributed by atoms with E-state index in [1.807, 2.05) is 0 Å². The summed E-state index contributed by atoms with van der Waals surface area (Å²) in [6, 6.07) is 3.63. The molecule has 6 heteroatoms. The van der Waals surface area contributed by atoms with Gasteiger partial charge in [0.2, 0.25) is 0 Å². The molecule has 0 aliphatic carbocycles. The second kappa shape index (κ2) is 4.43. The molecular formula is C10H7ClFNO2S. The van der Waals surface area contributed by atoms with Gasteiger partial charge < -0.3 is 5.11 Å². The molecule has 0 spiro atoms. The van der Waals surface area contributed by atoms with Gasteiger partial charge in [-0.3, -0.25) is 4.99 Å². The number of carbonyl (C=O) groups is 1. The molecule has 84 valence electrons. The number of carboxylic acids is 1. The first-order valence-electron chi connectivity index (χ1n) is 4.47. The largest absolute Gasteiger partial charge is 0.480 e. The topological polar surface area (TPSA) is 49.7 Å². The van der Waals surface area contributed by atoms with Crippen LogP contribution in [0.5, 0.6) is 0 Å². The predicted molar refractivity (Wildman–Crippen MR) is 61.8 cm³/mol. The number of halogens is 2. The zero-order chi connectivity index (χ0) is 11.7. The Morgan fingerprint density at radius 1 is 1.62 bits per heavy atom. The number of hydrogen-bond acceptors (Lipinski definition) is 3. The second-order valence-corrected chi connectivity index (χ2v) is 4.59. The third-order valence-electron chi connectivity index (χ3n) is 2.12. The van der Waals surface area contributed by atoms with E-state index in [9.17, 15) is 9.18 Å². The molecule has 0 radical (unpaired) electrons. The van der Waals surface area contributed by atoms with Crippen molar-refractivity contribution in [1.82, 2.24) is 0 Å². The van der Waals surface area contributed by atoms with Crippen LogP contribution in [0.15, 0.2) is 23.2 Å². The van der Waals surface area contributed by atoms with Crippen molar-refractivity contribution in [3.05, 3.63) is 34.6 Å². The molecule has 1 aromatic carbocycles. The molecule has 0 bridgehead atoms. The van der Waals surface area contributed by atoms with E-state index < -0.39 is 17.8 Å². The zero-order valence-electron chi connectivity index (χ0n) is 7.98. The smallest absolute Gasteiger partial charge is 0.329 e. The lowest BCUT2D eigenvalue weighted by Crippen LogP contribution is -2.17. The van der Waals surface area contributed by atoms with Crippen LogP contribution in [0.1, 0.15) is 5.56 Å². The molecule has 0 saturated carbocycles. The minimum Gasteiger partial charge on any atom is -0.480 e. The van der Waals surface area contributed by atoms with Crippen molar-refractivity contribution in [2.75, 3.05) is 5.75 Å². The first-order chi connectivity index (χ1) is 7.59. The van der Waals surface area contributed by atoms with Crippen molar-refractivity contribution in [3.8, 4) is 0 Å². The Kier molecular flexibility index (Phi) is 3.16. The SMILES string of the molecule is O=C(O)C1CSC(c2cccc(F)c2Cl)=N1. The first kappa shape index (κ1) is 11.4. The number of thioether (sulfide) groups is 1. The fourth-order valence-electron chi connectivity index (χ4n) is 1.32. The number of nitrogens with zero attached hydrogens (tertiary/aromatic N) is 1. The average Bonchev–Trinajstić information content (AvgIpc) is 2.71. The van der Waals surface area contributed by atoms with E-state index in [4.69, 9.17) is 16.7 Å². The molecule has 16 heavy (non-hydrogen) atoms. The maximum atomic E-state index is 13.2. The van der Waals surface area contributed by atoms with Crippen molar-refractivity contribution in [2.45, 2.75) is 6.04 Å². The number of carboxylic acid groups (broad SMARTS) is 1. The van der Waals surface area contributed by atoms with E-state index in [1.165, 1.54) is 23.9 Å². The van der Waals surface area contributed by atoms with Gasteiger partial charge in [0.25, 0.3) is 0 Å². The Bertz CT molecular complexity index is 478. The van der Waals surface area contributed by atoms with E-state index >= 15 is 0 Å². The molecule has 3 nitrogen and oxygen atoms in total. The third-order valence-corrected chi connectivity index (χ3v) is 3.58. The molecule has 1 atom stereocenters. The van der Waals surface area contributed by atoms with Crippen LogP contribution in [0.4, 0.5) is 4.39 Å². The van der Waals surface area contributed by atoms with Gasteiger partial charge in [0.05, 0.1) is 5.02 Å². The average molecular weight is 260 g/mol. The number of aliphatic carboxylic acids is 1. The molecular weight excluding hydrogens is 253 g/mol. The van der Waals surface area contributed by atoms with Crippen LogP contribution in [0, 0.1) is 5.82 Å². The Balaban J connectivity index is 2.36. The summed E-state index contributed by atoms with van der Waals surface area (Å²) in [7, 11) is 0. The zero-order valence-corrected chi connectivity index (χ0v) is 9.56. The van der Waals surface area contributed by atoms with E-state index in [-0.39, 0.29) is 5.02 Å². The van der Waals surface area contributed by atoms with Gasteiger partial charge in [-0.05, 0) is 6.07 Å². The number of benzene rings is 1. The maximum Gasteiger partial charge on any atom is 0.329 e. The lowest BCUT2D eigenvalue weighted by molar-refractivity contribution is -0.137. The lowest BCUT2D eigenvalue weighted by Gasteiger charge is -2.02. The highest BCUT2D eigenvalue weighted by atomic mass is 35.5. The van der Waals surface area contributed by atoms with Crippen LogP contribution >= 0.6 is 23.4 Å². The van der Waals surface area contributed by atoms with E-state index in [1.54, 1.807) is 6.07 Å². The van der Waals surface area contributed by atoms with Crippen LogP contribution in [0.25, 0.3) is 0 Å². The first-order valence-corrected chi connectivity index (χ1v) is 5.83. The van der Waals surface area contributed by atoms with E-state index in [2.05, 4.69) is 4.99 Å². The molecule has 0 fully saturated rings. The minimum atomic E-state index is -0.977.